The van der Waals surface area contributed by atoms with E-state index in [1.165, 1.54) is 4.88 Å². The number of ether oxygens (including phenoxy) is 2. The van der Waals surface area contributed by atoms with Gasteiger partial charge >= 0.3 is 0 Å². The molecule has 2 unspecified atom stereocenters. The molecule has 1 saturated heterocycles. The average molecular weight is 285 g/mol. The van der Waals surface area contributed by atoms with E-state index in [-0.39, 0.29) is 12.2 Å². The Morgan fingerprint density at radius 1 is 1.32 bits per heavy atom. The van der Waals surface area contributed by atoms with Crippen LogP contribution in [0.4, 0.5) is 5.13 Å². The summed E-state index contributed by atoms with van der Waals surface area (Å²) in [5, 5.41) is 4.43. The Bertz CT molecular complexity index is 399. The Balaban J connectivity index is 2.06. The minimum Gasteiger partial charge on any atom is -0.377 e. The van der Waals surface area contributed by atoms with E-state index in [4.69, 9.17) is 9.47 Å². The fourth-order valence-corrected chi connectivity index (χ4v) is 3.35. The van der Waals surface area contributed by atoms with E-state index in [1.54, 1.807) is 25.6 Å². The Morgan fingerprint density at radius 2 is 1.95 bits per heavy atom. The van der Waals surface area contributed by atoms with Crippen molar-refractivity contribution in [1.29, 1.82) is 0 Å². The van der Waals surface area contributed by atoms with Crippen molar-refractivity contribution in [2.45, 2.75) is 32.6 Å². The van der Waals surface area contributed by atoms with Crippen LogP contribution in [0, 0.1) is 6.92 Å². The maximum absolute atomic E-state index is 5.47. The number of nitrogens with zero attached hydrogens (tertiary/aromatic N) is 2. The highest BCUT2D eigenvalue weighted by atomic mass is 32.1. The van der Waals surface area contributed by atoms with E-state index in [0.29, 0.717) is 0 Å². The van der Waals surface area contributed by atoms with Crippen LogP contribution in [-0.2, 0) is 16.0 Å². The smallest absolute Gasteiger partial charge is 0.185 e. The second-order valence-corrected chi connectivity index (χ2v) is 5.80. The summed E-state index contributed by atoms with van der Waals surface area (Å²) in [5.74, 6) is 0. The lowest BCUT2D eigenvalue weighted by molar-refractivity contribution is -0.00461. The minimum atomic E-state index is 0.131. The van der Waals surface area contributed by atoms with E-state index < -0.39 is 0 Å². The van der Waals surface area contributed by atoms with Crippen molar-refractivity contribution in [2.24, 2.45) is 0 Å². The zero-order valence-electron chi connectivity index (χ0n) is 12.1. The Labute approximate surface area is 118 Å². The van der Waals surface area contributed by atoms with Gasteiger partial charge in [-0.15, -0.1) is 11.3 Å². The van der Waals surface area contributed by atoms with Crippen LogP contribution in [0.5, 0.6) is 0 Å². The highest BCUT2D eigenvalue weighted by Crippen LogP contribution is 2.30. The molecule has 1 fully saturated rings. The third-order valence-electron chi connectivity index (χ3n) is 3.51. The molecule has 0 spiro atoms. The molecule has 1 aromatic rings. The van der Waals surface area contributed by atoms with Crippen LogP contribution in [0.25, 0.3) is 0 Å². The maximum atomic E-state index is 5.47. The lowest BCUT2D eigenvalue weighted by Gasteiger charge is -2.13. The van der Waals surface area contributed by atoms with Crippen molar-refractivity contribution in [3.8, 4) is 0 Å². The van der Waals surface area contributed by atoms with Crippen LogP contribution in [-0.4, -0.2) is 51.0 Å². The van der Waals surface area contributed by atoms with Crippen LogP contribution in [0.3, 0.4) is 0 Å². The molecule has 0 radical (unpaired) electrons. The van der Waals surface area contributed by atoms with Gasteiger partial charge in [0.1, 0.15) is 12.2 Å². The van der Waals surface area contributed by atoms with Crippen molar-refractivity contribution < 1.29 is 9.47 Å². The van der Waals surface area contributed by atoms with Gasteiger partial charge in [0.25, 0.3) is 0 Å². The van der Waals surface area contributed by atoms with Crippen molar-refractivity contribution in [2.75, 3.05) is 38.8 Å². The topological polar surface area (TPSA) is 46.6 Å². The quantitative estimate of drug-likeness (QED) is 0.856. The first-order chi connectivity index (χ1) is 9.19. The van der Waals surface area contributed by atoms with Gasteiger partial charge in [0.05, 0.1) is 5.69 Å². The highest BCUT2D eigenvalue weighted by Gasteiger charge is 2.34. The predicted molar refractivity (Wildman–Crippen MR) is 78.0 cm³/mol. The van der Waals surface area contributed by atoms with Gasteiger partial charge < -0.3 is 19.7 Å². The van der Waals surface area contributed by atoms with Crippen LogP contribution in [0.2, 0.25) is 0 Å². The molecule has 0 aliphatic carbocycles. The van der Waals surface area contributed by atoms with Crippen LogP contribution >= 0.6 is 11.3 Å². The van der Waals surface area contributed by atoms with Crippen molar-refractivity contribution in [3.05, 3.63) is 10.6 Å². The van der Waals surface area contributed by atoms with Crippen LogP contribution in [0.1, 0.15) is 17.5 Å². The summed E-state index contributed by atoms with van der Waals surface area (Å²) in [6.45, 7) is 7.77. The van der Waals surface area contributed by atoms with E-state index >= 15 is 0 Å². The van der Waals surface area contributed by atoms with Crippen molar-refractivity contribution in [1.82, 2.24) is 10.3 Å². The molecular weight excluding hydrogens is 262 g/mol. The van der Waals surface area contributed by atoms with Gasteiger partial charge in [-0.1, -0.05) is 6.92 Å². The van der Waals surface area contributed by atoms with Crippen LogP contribution in [0.15, 0.2) is 0 Å². The number of aryl methyl sites for hydroxylation is 1. The summed E-state index contributed by atoms with van der Waals surface area (Å²) in [6, 6.07) is 0. The summed E-state index contributed by atoms with van der Waals surface area (Å²) >= 11 is 1.76. The molecule has 1 N–H and O–H groups in total. The SMILES string of the molecule is CCNCc1sc(N2CC(OC)C(OC)C2)nc1C. The van der Waals surface area contributed by atoms with Gasteiger partial charge in [0.2, 0.25) is 0 Å². The second-order valence-electron chi connectivity index (χ2n) is 4.74. The Kier molecular flexibility index (Phi) is 5.15. The molecule has 0 bridgehead atoms. The molecule has 2 heterocycles. The lowest BCUT2D eigenvalue weighted by Crippen LogP contribution is -2.27. The number of aromatic nitrogens is 1. The number of rotatable bonds is 6. The lowest BCUT2D eigenvalue weighted by atomic mass is 10.3. The molecule has 0 saturated carbocycles. The normalized spacial score (nSPS) is 23.3. The highest BCUT2D eigenvalue weighted by molar-refractivity contribution is 7.15. The largest absolute Gasteiger partial charge is 0.377 e. The molecule has 6 heteroatoms. The molecule has 1 aliphatic heterocycles. The van der Waals surface area contributed by atoms with Gasteiger partial charge in [-0.2, -0.15) is 0 Å². The first-order valence-electron chi connectivity index (χ1n) is 6.67. The third-order valence-corrected chi connectivity index (χ3v) is 4.73. The molecule has 5 nitrogen and oxygen atoms in total. The van der Waals surface area contributed by atoms with E-state index in [1.807, 2.05) is 0 Å². The zero-order chi connectivity index (χ0) is 13.8. The summed E-state index contributed by atoms with van der Waals surface area (Å²) in [4.78, 5) is 8.25. The summed E-state index contributed by atoms with van der Waals surface area (Å²) < 4.78 is 10.9. The summed E-state index contributed by atoms with van der Waals surface area (Å²) in [5.41, 5.74) is 1.12. The molecule has 108 valence electrons. The third kappa shape index (κ3) is 3.25. The zero-order valence-corrected chi connectivity index (χ0v) is 12.9. The first-order valence-corrected chi connectivity index (χ1v) is 7.48. The van der Waals surface area contributed by atoms with E-state index in [9.17, 15) is 0 Å². The molecule has 1 aliphatic rings. The van der Waals surface area contributed by atoms with Gasteiger partial charge in [-0.25, -0.2) is 4.98 Å². The van der Waals surface area contributed by atoms with Gasteiger partial charge in [-0.3, -0.25) is 0 Å². The molecule has 19 heavy (non-hydrogen) atoms. The summed E-state index contributed by atoms with van der Waals surface area (Å²) in [6.07, 6.45) is 0.262. The Morgan fingerprint density at radius 3 is 2.47 bits per heavy atom. The number of hydrogen-bond acceptors (Lipinski definition) is 6. The molecule has 0 aromatic carbocycles. The van der Waals surface area contributed by atoms with E-state index in [0.717, 1.165) is 37.0 Å². The molecule has 2 rings (SSSR count). The molecule has 0 amide bonds. The van der Waals surface area contributed by atoms with Crippen LogP contribution < -0.4 is 10.2 Å². The first kappa shape index (κ1) is 14.7. The maximum Gasteiger partial charge on any atom is 0.185 e. The van der Waals surface area contributed by atoms with Gasteiger partial charge in [0, 0.05) is 38.7 Å². The summed E-state index contributed by atoms with van der Waals surface area (Å²) in [7, 11) is 3.48. The number of nitrogens with one attached hydrogen (secondary N) is 1. The predicted octanol–water partition coefficient (Wildman–Crippen LogP) is 1.41. The number of methoxy groups -OCH3 is 2. The molecule has 2 atom stereocenters. The standard InChI is InChI=1S/C13H23N3O2S/c1-5-14-6-12-9(2)15-13(19-12)16-7-10(17-3)11(8-16)18-4/h10-11,14H,5-8H2,1-4H3. The van der Waals surface area contributed by atoms with Gasteiger partial charge in [-0.05, 0) is 13.5 Å². The monoisotopic (exact) mass is 285 g/mol. The van der Waals surface area contributed by atoms with Crippen molar-refractivity contribution in [3.63, 3.8) is 0 Å². The second kappa shape index (κ2) is 6.65. The molecule has 1 aromatic heterocycles. The number of thiazole rings is 1. The number of hydrogen-bond donors (Lipinski definition) is 1. The average Bonchev–Trinajstić information content (AvgIpc) is 2.99. The molecular formula is C13H23N3O2S. The number of anilines is 1. The van der Waals surface area contributed by atoms with Gasteiger partial charge in [0.15, 0.2) is 5.13 Å². The fourth-order valence-electron chi connectivity index (χ4n) is 2.30. The van der Waals surface area contributed by atoms with E-state index in [2.05, 4.69) is 29.0 Å². The van der Waals surface area contributed by atoms with Crippen molar-refractivity contribution >= 4 is 16.5 Å². The Hall–Kier alpha value is -0.690. The fraction of sp³-hybridized carbons (Fsp3) is 0.769. The minimum absolute atomic E-state index is 0.131.